The SMILES string of the molecule is CCC(CC)C(=O)C(F)P(=O)(O)O. The first-order chi connectivity index (χ1) is 5.84. The van der Waals surface area contributed by atoms with E-state index in [1.165, 1.54) is 0 Å². The summed E-state index contributed by atoms with van der Waals surface area (Å²) in [4.78, 5) is 27.9. The van der Waals surface area contributed by atoms with E-state index in [2.05, 4.69) is 0 Å². The average molecular weight is 212 g/mol. The van der Waals surface area contributed by atoms with Gasteiger partial charge in [-0.3, -0.25) is 9.36 Å². The van der Waals surface area contributed by atoms with Gasteiger partial charge in [0, 0.05) is 5.92 Å². The normalized spacial score (nSPS) is 14.6. The largest absolute Gasteiger partial charge is 0.367 e. The van der Waals surface area contributed by atoms with Crippen molar-refractivity contribution in [2.45, 2.75) is 32.6 Å². The number of hydrogen-bond donors (Lipinski definition) is 2. The quantitative estimate of drug-likeness (QED) is 0.676. The summed E-state index contributed by atoms with van der Waals surface area (Å²) in [5.74, 6) is -4.24. The summed E-state index contributed by atoms with van der Waals surface area (Å²) < 4.78 is 23.2. The van der Waals surface area contributed by atoms with Crippen LogP contribution in [-0.4, -0.2) is 21.5 Å². The second-order valence-corrected chi connectivity index (χ2v) is 4.47. The zero-order valence-electron chi connectivity index (χ0n) is 7.61. The predicted molar refractivity (Wildman–Crippen MR) is 46.0 cm³/mol. The number of carbonyl (C=O) groups is 1. The van der Waals surface area contributed by atoms with Gasteiger partial charge in [0.2, 0.25) is 0 Å². The van der Waals surface area contributed by atoms with E-state index >= 15 is 0 Å². The van der Waals surface area contributed by atoms with Crippen molar-refractivity contribution < 1.29 is 23.5 Å². The van der Waals surface area contributed by atoms with Crippen LogP contribution in [0, 0.1) is 5.92 Å². The van der Waals surface area contributed by atoms with Gasteiger partial charge in [-0.15, -0.1) is 0 Å². The van der Waals surface area contributed by atoms with Crippen molar-refractivity contribution >= 4 is 13.4 Å². The molecule has 0 aromatic rings. The van der Waals surface area contributed by atoms with Gasteiger partial charge < -0.3 is 9.79 Å². The molecule has 0 rings (SSSR count). The van der Waals surface area contributed by atoms with Crippen LogP contribution in [0.4, 0.5) is 4.39 Å². The second kappa shape index (κ2) is 4.84. The summed E-state index contributed by atoms with van der Waals surface area (Å²) in [5.41, 5.74) is 0. The summed E-state index contributed by atoms with van der Waals surface area (Å²) in [6.45, 7) is 3.36. The van der Waals surface area contributed by atoms with Crippen LogP contribution in [0.3, 0.4) is 0 Å². The van der Waals surface area contributed by atoms with Crippen LogP contribution in [0.1, 0.15) is 26.7 Å². The highest BCUT2D eigenvalue weighted by Gasteiger charge is 2.38. The first kappa shape index (κ1) is 12.8. The van der Waals surface area contributed by atoms with Crippen molar-refractivity contribution in [3.63, 3.8) is 0 Å². The maximum Gasteiger partial charge on any atom is 0.367 e. The van der Waals surface area contributed by atoms with E-state index in [0.29, 0.717) is 12.8 Å². The fourth-order valence-electron chi connectivity index (χ4n) is 1.05. The van der Waals surface area contributed by atoms with Crippen molar-refractivity contribution in [2.75, 3.05) is 0 Å². The molecule has 0 aliphatic rings. The molecule has 0 heterocycles. The summed E-state index contributed by atoms with van der Waals surface area (Å²) in [6.07, 6.45) is 0.797. The van der Waals surface area contributed by atoms with Crippen LogP contribution in [-0.2, 0) is 9.36 Å². The van der Waals surface area contributed by atoms with Gasteiger partial charge in [0.15, 0.2) is 5.78 Å². The van der Waals surface area contributed by atoms with Gasteiger partial charge in [0.25, 0.3) is 5.91 Å². The third-order valence-corrected chi connectivity index (χ3v) is 2.76. The Labute approximate surface area is 76.3 Å². The Morgan fingerprint density at radius 3 is 2.00 bits per heavy atom. The third kappa shape index (κ3) is 3.55. The van der Waals surface area contributed by atoms with Crippen molar-refractivity contribution in [1.82, 2.24) is 0 Å². The molecule has 6 heteroatoms. The minimum Gasteiger partial charge on any atom is -0.322 e. The smallest absolute Gasteiger partial charge is 0.322 e. The predicted octanol–water partition coefficient (Wildman–Crippen LogP) is 1.46. The molecule has 13 heavy (non-hydrogen) atoms. The lowest BCUT2D eigenvalue weighted by Crippen LogP contribution is -2.24. The maximum atomic E-state index is 12.8. The van der Waals surface area contributed by atoms with E-state index in [4.69, 9.17) is 9.79 Å². The lowest BCUT2D eigenvalue weighted by Gasteiger charge is -2.14. The van der Waals surface area contributed by atoms with Gasteiger partial charge in [0.05, 0.1) is 0 Å². The molecular formula is C7H14FO4P. The van der Waals surface area contributed by atoms with E-state index in [1.807, 2.05) is 0 Å². The Morgan fingerprint density at radius 1 is 1.38 bits per heavy atom. The molecule has 0 aromatic carbocycles. The molecule has 78 valence electrons. The van der Waals surface area contributed by atoms with Crippen LogP contribution < -0.4 is 0 Å². The fraction of sp³-hybridized carbons (Fsp3) is 0.857. The summed E-state index contributed by atoms with van der Waals surface area (Å²) in [6, 6.07) is 0. The number of Topliss-reactive ketones (excluding diaryl/α,β-unsaturated/α-hetero) is 1. The molecule has 0 bridgehead atoms. The molecule has 0 radical (unpaired) electrons. The molecule has 0 spiro atoms. The topological polar surface area (TPSA) is 74.6 Å². The second-order valence-electron chi connectivity index (χ2n) is 2.84. The third-order valence-electron chi connectivity index (χ3n) is 1.92. The van der Waals surface area contributed by atoms with E-state index in [-0.39, 0.29) is 0 Å². The van der Waals surface area contributed by atoms with Gasteiger partial charge in [-0.25, -0.2) is 4.39 Å². The molecule has 0 amide bonds. The number of hydrogen-bond acceptors (Lipinski definition) is 2. The summed E-state index contributed by atoms with van der Waals surface area (Å²) in [5, 5.41) is 0. The van der Waals surface area contributed by atoms with E-state index in [9.17, 15) is 13.8 Å². The van der Waals surface area contributed by atoms with Gasteiger partial charge in [0.1, 0.15) is 0 Å². The lowest BCUT2D eigenvalue weighted by molar-refractivity contribution is -0.125. The molecule has 0 fully saturated rings. The standard InChI is InChI=1S/C7H14FO4P/c1-3-5(4-2)6(9)7(8)13(10,11)12/h5,7H,3-4H2,1-2H3,(H2,10,11,12). The Kier molecular flexibility index (Phi) is 4.75. The monoisotopic (exact) mass is 212 g/mol. The Morgan fingerprint density at radius 2 is 1.77 bits per heavy atom. The minimum atomic E-state index is -4.91. The Bertz CT molecular complexity index is 221. The molecule has 1 unspecified atom stereocenters. The molecule has 0 aliphatic carbocycles. The summed E-state index contributed by atoms with van der Waals surface area (Å²) in [7, 11) is -4.91. The van der Waals surface area contributed by atoms with Crippen molar-refractivity contribution in [2.24, 2.45) is 5.92 Å². The highest BCUT2D eigenvalue weighted by atomic mass is 31.2. The van der Waals surface area contributed by atoms with Crippen molar-refractivity contribution in [3.05, 3.63) is 0 Å². The molecule has 2 N–H and O–H groups in total. The fourth-order valence-corrected chi connectivity index (χ4v) is 1.59. The Balaban J connectivity index is 4.51. The molecule has 1 atom stereocenters. The summed E-state index contributed by atoms with van der Waals surface area (Å²) >= 11 is 0. The number of ketones is 1. The van der Waals surface area contributed by atoms with Gasteiger partial charge >= 0.3 is 7.60 Å². The van der Waals surface area contributed by atoms with Crippen molar-refractivity contribution in [1.29, 1.82) is 0 Å². The molecule has 0 saturated carbocycles. The van der Waals surface area contributed by atoms with Crippen LogP contribution in [0.25, 0.3) is 0 Å². The first-order valence-electron chi connectivity index (χ1n) is 4.07. The van der Waals surface area contributed by atoms with Gasteiger partial charge in [-0.05, 0) is 12.8 Å². The highest BCUT2D eigenvalue weighted by Crippen LogP contribution is 2.43. The molecule has 4 nitrogen and oxygen atoms in total. The van der Waals surface area contributed by atoms with E-state index < -0.39 is 25.2 Å². The van der Waals surface area contributed by atoms with Crippen LogP contribution >= 0.6 is 7.60 Å². The van der Waals surface area contributed by atoms with Crippen LogP contribution in [0.5, 0.6) is 0 Å². The number of rotatable bonds is 5. The zero-order valence-corrected chi connectivity index (χ0v) is 8.50. The molecule has 0 aliphatic heterocycles. The maximum absolute atomic E-state index is 12.8. The molecule has 0 aromatic heterocycles. The first-order valence-corrected chi connectivity index (χ1v) is 5.75. The highest BCUT2D eigenvalue weighted by molar-refractivity contribution is 7.53. The number of halogens is 1. The Hall–Kier alpha value is -0.250. The minimum absolute atomic E-state index is 0.399. The number of alkyl halides is 1. The van der Waals surface area contributed by atoms with Crippen LogP contribution in [0.2, 0.25) is 0 Å². The van der Waals surface area contributed by atoms with Crippen molar-refractivity contribution in [3.8, 4) is 0 Å². The van der Waals surface area contributed by atoms with Gasteiger partial charge in [-0.2, -0.15) is 0 Å². The average Bonchev–Trinajstić information content (AvgIpc) is 2.03. The molecular weight excluding hydrogens is 198 g/mol. The molecule has 0 saturated heterocycles. The van der Waals surface area contributed by atoms with E-state index in [0.717, 1.165) is 0 Å². The van der Waals surface area contributed by atoms with Gasteiger partial charge in [-0.1, -0.05) is 13.8 Å². The number of carbonyl (C=O) groups excluding carboxylic acids is 1. The van der Waals surface area contributed by atoms with Crippen LogP contribution in [0.15, 0.2) is 0 Å². The lowest BCUT2D eigenvalue weighted by atomic mass is 9.99. The zero-order chi connectivity index (χ0) is 10.6. The van der Waals surface area contributed by atoms with E-state index in [1.54, 1.807) is 13.8 Å².